The van der Waals surface area contributed by atoms with E-state index in [-0.39, 0.29) is 18.1 Å². The van der Waals surface area contributed by atoms with Gasteiger partial charge in [0.25, 0.3) is 0 Å². The zero-order valence-electron chi connectivity index (χ0n) is 14.2. The van der Waals surface area contributed by atoms with Crippen molar-refractivity contribution in [1.29, 1.82) is 0 Å². The maximum atomic E-state index is 12.2. The first-order chi connectivity index (χ1) is 12.2. The van der Waals surface area contributed by atoms with Gasteiger partial charge in [-0.15, -0.1) is 0 Å². The summed E-state index contributed by atoms with van der Waals surface area (Å²) in [4.78, 5) is 15.7. The minimum Gasteiger partial charge on any atom is -0.497 e. The summed E-state index contributed by atoms with van der Waals surface area (Å²) in [5.41, 5.74) is 4.43. The van der Waals surface area contributed by atoms with Crippen LogP contribution in [0, 0.1) is 0 Å². The number of benzene rings is 2. The molecule has 0 spiro atoms. The summed E-state index contributed by atoms with van der Waals surface area (Å²) in [6.45, 7) is 0. The van der Waals surface area contributed by atoms with Crippen molar-refractivity contribution >= 4 is 16.9 Å². The number of ether oxygens (including phenoxy) is 2. The van der Waals surface area contributed by atoms with Crippen LogP contribution in [0.25, 0.3) is 10.9 Å². The van der Waals surface area contributed by atoms with Crippen LogP contribution in [0.15, 0.2) is 48.5 Å². The molecule has 0 bridgehead atoms. The summed E-state index contributed by atoms with van der Waals surface area (Å²) in [5, 5.41) is 4.59. The molecule has 1 aliphatic heterocycles. The number of fused-ring (bicyclic) bond motifs is 3. The minimum absolute atomic E-state index is 0.105. The van der Waals surface area contributed by atoms with E-state index < -0.39 is 0 Å². The SMILES string of the molecule is COC(=O)[C@@H]1Cc2c([nH]c3ccccc23)[C@@H](c2ccc(OC)cc2)N1. The number of carbonyl (C=O) groups is 1. The third-order valence-electron chi connectivity index (χ3n) is 4.85. The highest BCUT2D eigenvalue weighted by Gasteiger charge is 2.34. The molecule has 2 N–H and O–H groups in total. The predicted octanol–water partition coefficient (Wildman–Crippen LogP) is 2.95. The molecule has 4 rings (SSSR count). The number of hydrogen-bond acceptors (Lipinski definition) is 4. The molecule has 0 unspecified atom stereocenters. The number of para-hydroxylation sites is 1. The maximum absolute atomic E-state index is 12.2. The highest BCUT2D eigenvalue weighted by Crippen LogP contribution is 2.35. The van der Waals surface area contributed by atoms with Crippen molar-refractivity contribution in [3.63, 3.8) is 0 Å². The van der Waals surface area contributed by atoms with Crippen LogP contribution in [0.2, 0.25) is 0 Å². The number of H-pyrrole nitrogens is 1. The highest BCUT2D eigenvalue weighted by molar-refractivity contribution is 5.87. The van der Waals surface area contributed by atoms with Gasteiger partial charge in [0.05, 0.1) is 20.3 Å². The van der Waals surface area contributed by atoms with Gasteiger partial charge in [0.2, 0.25) is 0 Å². The third kappa shape index (κ3) is 2.66. The molecule has 0 amide bonds. The first-order valence-corrected chi connectivity index (χ1v) is 8.28. The molecule has 25 heavy (non-hydrogen) atoms. The van der Waals surface area contributed by atoms with E-state index in [9.17, 15) is 4.79 Å². The molecule has 0 radical (unpaired) electrons. The number of nitrogens with one attached hydrogen (secondary N) is 2. The van der Waals surface area contributed by atoms with Crippen LogP contribution >= 0.6 is 0 Å². The number of aromatic amines is 1. The molecule has 0 saturated heterocycles. The Morgan fingerprint density at radius 1 is 1.08 bits per heavy atom. The molecule has 2 aromatic carbocycles. The van der Waals surface area contributed by atoms with E-state index in [1.165, 1.54) is 12.7 Å². The zero-order valence-corrected chi connectivity index (χ0v) is 14.2. The lowest BCUT2D eigenvalue weighted by Crippen LogP contribution is -2.45. The molecular weight excluding hydrogens is 316 g/mol. The molecule has 1 aromatic heterocycles. The van der Waals surface area contributed by atoms with Crippen molar-refractivity contribution in [1.82, 2.24) is 10.3 Å². The smallest absolute Gasteiger partial charge is 0.323 e. The highest BCUT2D eigenvalue weighted by atomic mass is 16.5. The Bertz CT molecular complexity index is 914. The van der Waals surface area contributed by atoms with Crippen LogP contribution in [-0.2, 0) is 16.0 Å². The predicted molar refractivity (Wildman–Crippen MR) is 95.8 cm³/mol. The van der Waals surface area contributed by atoms with Crippen LogP contribution in [0.3, 0.4) is 0 Å². The van der Waals surface area contributed by atoms with Crippen molar-refractivity contribution in [2.24, 2.45) is 0 Å². The first kappa shape index (κ1) is 15.7. The van der Waals surface area contributed by atoms with Crippen LogP contribution in [-0.4, -0.2) is 31.2 Å². The summed E-state index contributed by atoms with van der Waals surface area (Å²) < 4.78 is 10.2. The normalized spacial score (nSPS) is 19.4. The molecule has 0 saturated carbocycles. The summed E-state index contributed by atoms with van der Waals surface area (Å²) in [7, 11) is 3.08. The Morgan fingerprint density at radius 3 is 2.56 bits per heavy atom. The van der Waals surface area contributed by atoms with E-state index in [2.05, 4.69) is 22.4 Å². The van der Waals surface area contributed by atoms with Crippen LogP contribution in [0.5, 0.6) is 5.75 Å². The summed E-state index contributed by atoms with van der Waals surface area (Å²) >= 11 is 0. The second kappa shape index (κ2) is 6.26. The van der Waals surface area contributed by atoms with Crippen LogP contribution < -0.4 is 10.1 Å². The topological polar surface area (TPSA) is 63.4 Å². The van der Waals surface area contributed by atoms with Crippen molar-refractivity contribution in [3.05, 3.63) is 65.4 Å². The van der Waals surface area contributed by atoms with E-state index >= 15 is 0 Å². The molecule has 0 aliphatic carbocycles. The maximum Gasteiger partial charge on any atom is 0.323 e. The number of esters is 1. The average Bonchev–Trinajstić information content (AvgIpc) is 3.05. The van der Waals surface area contributed by atoms with Gasteiger partial charge in [-0.05, 0) is 29.3 Å². The number of aromatic nitrogens is 1. The summed E-state index contributed by atoms with van der Waals surface area (Å²) in [6.07, 6.45) is 0.610. The average molecular weight is 336 g/mol. The molecular formula is C20H20N2O3. The molecule has 0 fully saturated rings. The van der Waals surface area contributed by atoms with Gasteiger partial charge in [-0.1, -0.05) is 30.3 Å². The fourth-order valence-electron chi connectivity index (χ4n) is 3.59. The molecule has 1 aliphatic rings. The summed E-state index contributed by atoms with van der Waals surface area (Å²) in [6, 6.07) is 15.6. The van der Waals surface area contributed by atoms with Gasteiger partial charge >= 0.3 is 5.97 Å². The van der Waals surface area contributed by atoms with Gasteiger partial charge in [0.15, 0.2) is 0 Å². The fraction of sp³-hybridized carbons (Fsp3) is 0.250. The largest absolute Gasteiger partial charge is 0.497 e. The zero-order chi connectivity index (χ0) is 17.4. The van der Waals surface area contributed by atoms with E-state index in [0.29, 0.717) is 6.42 Å². The number of carbonyl (C=O) groups excluding carboxylic acids is 1. The Balaban J connectivity index is 1.83. The standard InChI is InChI=1S/C20H20N2O3/c1-24-13-9-7-12(8-10-13)18-19-15(11-17(22-18)20(23)25-2)14-5-3-4-6-16(14)21-19/h3-10,17-18,21-22H,11H2,1-2H3/t17-,18+/m0/s1. The van der Waals surface area contributed by atoms with Gasteiger partial charge in [-0.25, -0.2) is 0 Å². The van der Waals surface area contributed by atoms with Crippen LogP contribution in [0.4, 0.5) is 0 Å². The van der Waals surface area contributed by atoms with E-state index in [1.54, 1.807) is 7.11 Å². The second-order valence-electron chi connectivity index (χ2n) is 6.22. The van der Waals surface area contributed by atoms with Gasteiger partial charge in [-0.2, -0.15) is 0 Å². The lowest BCUT2D eigenvalue weighted by Gasteiger charge is -2.30. The van der Waals surface area contributed by atoms with Crippen molar-refractivity contribution in [3.8, 4) is 5.75 Å². The van der Waals surface area contributed by atoms with Gasteiger partial charge in [0.1, 0.15) is 11.8 Å². The fourth-order valence-corrected chi connectivity index (χ4v) is 3.59. The van der Waals surface area contributed by atoms with Crippen molar-refractivity contribution in [2.45, 2.75) is 18.5 Å². The van der Waals surface area contributed by atoms with Crippen molar-refractivity contribution < 1.29 is 14.3 Å². The summed E-state index contributed by atoms with van der Waals surface area (Å²) in [5.74, 6) is 0.565. The molecule has 2 heterocycles. The van der Waals surface area contributed by atoms with Crippen molar-refractivity contribution in [2.75, 3.05) is 14.2 Å². The Kier molecular flexibility index (Phi) is 3.93. The number of hydrogen-bond donors (Lipinski definition) is 2. The van der Waals surface area contributed by atoms with Gasteiger partial charge < -0.3 is 14.5 Å². The quantitative estimate of drug-likeness (QED) is 0.722. The minimum atomic E-state index is -0.371. The Morgan fingerprint density at radius 2 is 1.84 bits per heavy atom. The van der Waals surface area contributed by atoms with Gasteiger partial charge in [-0.3, -0.25) is 10.1 Å². The first-order valence-electron chi connectivity index (χ1n) is 8.28. The van der Waals surface area contributed by atoms with Crippen LogP contribution in [0.1, 0.15) is 22.9 Å². The lowest BCUT2D eigenvalue weighted by molar-refractivity contribution is -0.143. The van der Waals surface area contributed by atoms with E-state index in [4.69, 9.17) is 9.47 Å². The molecule has 3 aromatic rings. The van der Waals surface area contributed by atoms with Gasteiger partial charge in [0, 0.05) is 23.0 Å². The molecule has 5 nitrogen and oxygen atoms in total. The number of methoxy groups -OCH3 is 2. The Hall–Kier alpha value is -2.79. The third-order valence-corrected chi connectivity index (χ3v) is 4.85. The second-order valence-corrected chi connectivity index (χ2v) is 6.22. The molecule has 2 atom stereocenters. The number of rotatable bonds is 3. The Labute approximate surface area is 146 Å². The molecule has 5 heteroatoms. The van der Waals surface area contributed by atoms with E-state index in [1.807, 2.05) is 36.4 Å². The lowest BCUT2D eigenvalue weighted by atomic mass is 9.90. The van der Waals surface area contributed by atoms with E-state index in [0.717, 1.165) is 27.9 Å². The monoisotopic (exact) mass is 336 g/mol. The molecule has 128 valence electrons.